The highest BCUT2D eigenvalue weighted by atomic mass is 19.1. The van der Waals surface area contributed by atoms with E-state index in [0.29, 0.717) is 5.56 Å². The third-order valence-electron chi connectivity index (χ3n) is 3.21. The highest BCUT2D eigenvalue weighted by Gasteiger charge is 2.11. The van der Waals surface area contributed by atoms with Gasteiger partial charge in [-0.15, -0.1) is 0 Å². The lowest BCUT2D eigenvalue weighted by Crippen LogP contribution is -2.17. The highest BCUT2D eigenvalue weighted by molar-refractivity contribution is 5.87. The number of benzene rings is 2. The quantitative estimate of drug-likeness (QED) is 0.918. The zero-order valence-corrected chi connectivity index (χ0v) is 11.8. The number of nitrogens with zero attached hydrogens (tertiary/aromatic N) is 1. The Morgan fingerprint density at radius 1 is 1.24 bits per heavy atom. The summed E-state index contributed by atoms with van der Waals surface area (Å²) in [5, 5.41) is 8.96. The Kier molecular flexibility index (Phi) is 4.42. The SMILES string of the molecule is COc1ccc(N(C)Cc2cc(C(=O)O)ccc2F)cc1. The standard InChI is InChI=1S/C16H16FNO3/c1-18(13-4-6-14(21-2)7-5-13)10-12-9-11(16(19)20)3-8-15(12)17/h3-9H,10H2,1-2H3,(H,19,20). The molecule has 0 spiro atoms. The van der Waals surface area contributed by atoms with E-state index < -0.39 is 11.8 Å². The van der Waals surface area contributed by atoms with Crippen LogP contribution in [0.5, 0.6) is 5.75 Å². The Morgan fingerprint density at radius 2 is 1.90 bits per heavy atom. The van der Waals surface area contributed by atoms with Crippen LogP contribution >= 0.6 is 0 Å². The van der Waals surface area contributed by atoms with Crippen LogP contribution in [0.25, 0.3) is 0 Å². The summed E-state index contributed by atoms with van der Waals surface area (Å²) in [6.45, 7) is 0.277. The summed E-state index contributed by atoms with van der Waals surface area (Å²) in [7, 11) is 3.40. The van der Waals surface area contributed by atoms with Gasteiger partial charge in [0, 0.05) is 24.8 Å². The monoisotopic (exact) mass is 289 g/mol. The summed E-state index contributed by atoms with van der Waals surface area (Å²) in [4.78, 5) is 12.8. The maximum atomic E-state index is 13.8. The Morgan fingerprint density at radius 3 is 2.48 bits per heavy atom. The molecule has 0 aliphatic carbocycles. The number of aromatic carboxylic acids is 1. The van der Waals surface area contributed by atoms with Crippen molar-refractivity contribution in [3.8, 4) is 5.75 Å². The highest BCUT2D eigenvalue weighted by Crippen LogP contribution is 2.21. The lowest BCUT2D eigenvalue weighted by molar-refractivity contribution is 0.0696. The molecular weight excluding hydrogens is 273 g/mol. The minimum absolute atomic E-state index is 0.0783. The molecule has 0 saturated carbocycles. The molecule has 0 saturated heterocycles. The molecule has 2 aromatic rings. The van der Waals surface area contributed by atoms with Gasteiger partial charge >= 0.3 is 5.97 Å². The van der Waals surface area contributed by atoms with Gasteiger partial charge in [-0.05, 0) is 42.5 Å². The fourth-order valence-electron chi connectivity index (χ4n) is 2.01. The van der Waals surface area contributed by atoms with Crippen LogP contribution in [-0.2, 0) is 6.54 Å². The van der Waals surface area contributed by atoms with E-state index >= 15 is 0 Å². The van der Waals surface area contributed by atoms with Gasteiger partial charge in [0.2, 0.25) is 0 Å². The topological polar surface area (TPSA) is 49.8 Å². The van der Waals surface area contributed by atoms with Crippen molar-refractivity contribution in [3.63, 3.8) is 0 Å². The molecule has 0 radical (unpaired) electrons. The normalized spacial score (nSPS) is 10.2. The molecule has 0 fully saturated rings. The molecule has 0 bridgehead atoms. The van der Waals surface area contributed by atoms with Gasteiger partial charge < -0.3 is 14.7 Å². The Balaban J connectivity index is 2.19. The first kappa shape index (κ1) is 14.8. The Bertz CT molecular complexity index is 640. The Hall–Kier alpha value is -2.56. The minimum Gasteiger partial charge on any atom is -0.497 e. The zero-order valence-electron chi connectivity index (χ0n) is 11.8. The van der Waals surface area contributed by atoms with Crippen molar-refractivity contribution in [2.75, 3.05) is 19.1 Å². The first-order valence-corrected chi connectivity index (χ1v) is 6.38. The summed E-state index contributed by atoms with van der Waals surface area (Å²) < 4.78 is 18.9. The molecule has 1 N–H and O–H groups in total. The van der Waals surface area contributed by atoms with Gasteiger partial charge in [-0.25, -0.2) is 9.18 Å². The number of halogens is 1. The van der Waals surface area contributed by atoms with Crippen LogP contribution < -0.4 is 9.64 Å². The van der Waals surface area contributed by atoms with Gasteiger partial charge in [0.1, 0.15) is 11.6 Å². The van der Waals surface area contributed by atoms with Crippen LogP contribution in [0.3, 0.4) is 0 Å². The molecule has 0 atom stereocenters. The van der Waals surface area contributed by atoms with Gasteiger partial charge in [0.15, 0.2) is 0 Å². The number of anilines is 1. The van der Waals surface area contributed by atoms with Gasteiger partial charge in [-0.1, -0.05) is 0 Å². The maximum absolute atomic E-state index is 13.8. The first-order valence-electron chi connectivity index (χ1n) is 6.38. The first-order chi connectivity index (χ1) is 10.0. The second-order valence-electron chi connectivity index (χ2n) is 4.67. The number of carboxylic acid groups (broad SMARTS) is 1. The number of hydrogen-bond donors (Lipinski definition) is 1. The van der Waals surface area contributed by atoms with Crippen LogP contribution in [0, 0.1) is 5.82 Å². The third kappa shape index (κ3) is 3.51. The summed E-state index contributed by atoms with van der Waals surface area (Å²) in [5.74, 6) is -0.741. The molecule has 5 heteroatoms. The van der Waals surface area contributed by atoms with Gasteiger partial charge in [0.25, 0.3) is 0 Å². The lowest BCUT2D eigenvalue weighted by Gasteiger charge is -2.20. The van der Waals surface area contributed by atoms with Crippen molar-refractivity contribution in [2.45, 2.75) is 6.54 Å². The van der Waals surface area contributed by atoms with Gasteiger partial charge in [-0.3, -0.25) is 0 Å². The van der Waals surface area contributed by atoms with Crippen molar-refractivity contribution < 1.29 is 19.0 Å². The van der Waals surface area contributed by atoms with E-state index in [1.54, 1.807) is 7.11 Å². The fraction of sp³-hybridized carbons (Fsp3) is 0.188. The zero-order chi connectivity index (χ0) is 15.4. The maximum Gasteiger partial charge on any atom is 0.335 e. The molecule has 110 valence electrons. The summed E-state index contributed by atoms with van der Waals surface area (Å²) in [6, 6.07) is 11.1. The second-order valence-corrected chi connectivity index (χ2v) is 4.67. The predicted octanol–water partition coefficient (Wildman–Crippen LogP) is 3.17. The minimum atomic E-state index is -1.07. The second kappa shape index (κ2) is 6.26. The van der Waals surface area contributed by atoms with Crippen LogP contribution in [-0.4, -0.2) is 25.2 Å². The molecule has 0 aliphatic rings. The summed E-state index contributed by atoms with van der Waals surface area (Å²) in [5.41, 5.74) is 1.30. The molecular formula is C16H16FNO3. The number of rotatable bonds is 5. The third-order valence-corrected chi connectivity index (χ3v) is 3.21. The fourth-order valence-corrected chi connectivity index (χ4v) is 2.01. The van der Waals surface area contributed by atoms with Crippen molar-refractivity contribution >= 4 is 11.7 Å². The van der Waals surface area contributed by atoms with E-state index in [-0.39, 0.29) is 12.1 Å². The summed E-state index contributed by atoms with van der Waals surface area (Å²) >= 11 is 0. The van der Waals surface area contributed by atoms with Crippen molar-refractivity contribution in [1.82, 2.24) is 0 Å². The Labute approximate surface area is 122 Å². The van der Waals surface area contributed by atoms with E-state index in [0.717, 1.165) is 11.4 Å². The molecule has 2 rings (SSSR count). The lowest BCUT2D eigenvalue weighted by atomic mass is 10.1. The average Bonchev–Trinajstić information content (AvgIpc) is 2.49. The molecule has 2 aromatic carbocycles. The number of hydrogen-bond acceptors (Lipinski definition) is 3. The molecule has 4 nitrogen and oxygen atoms in total. The smallest absolute Gasteiger partial charge is 0.335 e. The molecule has 0 heterocycles. The number of methoxy groups -OCH3 is 1. The molecule has 0 amide bonds. The van der Waals surface area contributed by atoms with E-state index in [2.05, 4.69) is 0 Å². The largest absolute Gasteiger partial charge is 0.497 e. The number of carboxylic acids is 1. The van der Waals surface area contributed by atoms with Crippen LogP contribution in [0.2, 0.25) is 0 Å². The van der Waals surface area contributed by atoms with Gasteiger partial charge in [-0.2, -0.15) is 0 Å². The van der Waals surface area contributed by atoms with Crippen LogP contribution in [0.15, 0.2) is 42.5 Å². The van der Waals surface area contributed by atoms with E-state index in [1.807, 2.05) is 36.2 Å². The number of carbonyl (C=O) groups is 1. The summed E-state index contributed by atoms with van der Waals surface area (Å²) in [6.07, 6.45) is 0. The van der Waals surface area contributed by atoms with E-state index in [1.165, 1.54) is 18.2 Å². The van der Waals surface area contributed by atoms with Crippen molar-refractivity contribution in [3.05, 3.63) is 59.4 Å². The van der Waals surface area contributed by atoms with E-state index in [4.69, 9.17) is 9.84 Å². The molecule has 0 unspecified atom stereocenters. The van der Waals surface area contributed by atoms with Crippen molar-refractivity contribution in [2.24, 2.45) is 0 Å². The molecule has 0 aliphatic heterocycles. The predicted molar refractivity (Wildman–Crippen MR) is 78.5 cm³/mol. The molecule has 21 heavy (non-hydrogen) atoms. The van der Waals surface area contributed by atoms with Gasteiger partial charge in [0.05, 0.1) is 12.7 Å². The van der Waals surface area contributed by atoms with E-state index in [9.17, 15) is 9.18 Å². The average molecular weight is 289 g/mol. The number of ether oxygens (including phenoxy) is 1. The van der Waals surface area contributed by atoms with Crippen LogP contribution in [0.4, 0.5) is 10.1 Å². The van der Waals surface area contributed by atoms with Crippen molar-refractivity contribution in [1.29, 1.82) is 0 Å². The molecule has 0 aromatic heterocycles. The van der Waals surface area contributed by atoms with Crippen LogP contribution in [0.1, 0.15) is 15.9 Å².